The zero-order valence-electron chi connectivity index (χ0n) is 15.4. The monoisotopic (exact) mass is 468 g/mol. The number of aryl methyl sites for hydroxylation is 1. The molecule has 0 aliphatic rings. The summed E-state index contributed by atoms with van der Waals surface area (Å²) in [6.45, 7) is 12.5. The first kappa shape index (κ1) is 23.6. The average Bonchev–Trinajstić information content (AvgIpc) is 2.98. The van der Waals surface area contributed by atoms with Gasteiger partial charge < -0.3 is 15.4 Å². The zero-order valence-corrected chi connectivity index (χ0v) is 18.6. The molecule has 0 fully saturated rings. The van der Waals surface area contributed by atoms with Crippen molar-refractivity contribution in [2.24, 2.45) is 10.9 Å². The summed E-state index contributed by atoms with van der Waals surface area (Å²) < 4.78 is 5.59. The lowest BCUT2D eigenvalue weighted by Crippen LogP contribution is -2.38. The lowest BCUT2D eigenvalue weighted by atomic mass is 10.1. The van der Waals surface area contributed by atoms with Crippen molar-refractivity contribution in [2.45, 2.75) is 47.0 Å². The molecule has 0 aliphatic carbocycles. The number of guanidine groups is 1. The maximum atomic E-state index is 5.59. The number of ether oxygens (including phenoxy) is 1. The average molecular weight is 468 g/mol. The number of rotatable bonds is 11. The van der Waals surface area contributed by atoms with Crippen LogP contribution in [-0.4, -0.2) is 43.8 Å². The number of halogens is 1. The van der Waals surface area contributed by atoms with Crippen molar-refractivity contribution in [3.8, 4) is 0 Å². The second-order valence-electron chi connectivity index (χ2n) is 5.81. The third-order valence-electron chi connectivity index (χ3n) is 3.27. The molecule has 1 rings (SSSR count). The summed E-state index contributed by atoms with van der Waals surface area (Å²) in [4.78, 5) is 10.3. The summed E-state index contributed by atoms with van der Waals surface area (Å²) in [5.41, 5.74) is 0. The number of aromatic nitrogens is 1. The van der Waals surface area contributed by atoms with Gasteiger partial charge in [0.25, 0.3) is 0 Å². The van der Waals surface area contributed by atoms with Crippen molar-refractivity contribution in [1.29, 1.82) is 0 Å². The topological polar surface area (TPSA) is 58.5 Å². The molecule has 5 nitrogen and oxygen atoms in total. The minimum atomic E-state index is 0. The van der Waals surface area contributed by atoms with Crippen LogP contribution in [0.25, 0.3) is 0 Å². The van der Waals surface area contributed by atoms with Crippen molar-refractivity contribution in [2.75, 3.05) is 32.8 Å². The summed E-state index contributed by atoms with van der Waals surface area (Å²) in [5.74, 6) is 1.55. The molecule has 0 saturated carbocycles. The number of nitrogens with one attached hydrogen (secondary N) is 2. The quantitative estimate of drug-likeness (QED) is 0.226. The van der Waals surface area contributed by atoms with Crippen LogP contribution in [0.5, 0.6) is 0 Å². The Bertz CT molecular complexity index is 452. The van der Waals surface area contributed by atoms with Gasteiger partial charge in [0, 0.05) is 37.2 Å². The van der Waals surface area contributed by atoms with Gasteiger partial charge in [-0.3, -0.25) is 4.99 Å². The predicted molar refractivity (Wildman–Crippen MR) is 115 cm³/mol. The Morgan fingerprint density at radius 3 is 2.71 bits per heavy atom. The standard InChI is InChI=1S/C17H32N4OS.HI/c1-5-15-13-21-16(23-15)7-9-19-17(18-6-2)20-10-12-22-11-8-14(3)4;/h13-14H,5-12H2,1-4H3,(H2,18,19,20);1H. The Morgan fingerprint density at radius 2 is 2.08 bits per heavy atom. The number of nitrogens with zero attached hydrogens (tertiary/aromatic N) is 2. The molecule has 0 saturated heterocycles. The normalized spacial score (nSPS) is 11.5. The van der Waals surface area contributed by atoms with Crippen LogP contribution in [0, 0.1) is 5.92 Å². The van der Waals surface area contributed by atoms with Gasteiger partial charge in [-0.05, 0) is 25.7 Å². The van der Waals surface area contributed by atoms with Crippen molar-refractivity contribution in [3.63, 3.8) is 0 Å². The molecule has 0 spiro atoms. The van der Waals surface area contributed by atoms with E-state index < -0.39 is 0 Å². The highest BCUT2D eigenvalue weighted by Crippen LogP contribution is 2.13. The van der Waals surface area contributed by atoms with Crippen molar-refractivity contribution in [3.05, 3.63) is 16.1 Å². The van der Waals surface area contributed by atoms with E-state index in [0.717, 1.165) is 44.9 Å². The van der Waals surface area contributed by atoms with Gasteiger partial charge in [-0.1, -0.05) is 20.8 Å². The molecular formula is C17H33IN4OS. The van der Waals surface area contributed by atoms with Crippen LogP contribution in [0.15, 0.2) is 11.2 Å². The van der Waals surface area contributed by atoms with Gasteiger partial charge in [0.2, 0.25) is 0 Å². The van der Waals surface area contributed by atoms with Crippen LogP contribution >= 0.6 is 35.3 Å². The summed E-state index contributed by atoms with van der Waals surface area (Å²) in [5, 5.41) is 7.80. The van der Waals surface area contributed by atoms with Crippen LogP contribution < -0.4 is 10.6 Å². The van der Waals surface area contributed by atoms with Gasteiger partial charge in [0.05, 0.1) is 18.2 Å². The Kier molecular flexibility index (Phi) is 14.6. The lowest BCUT2D eigenvalue weighted by molar-refractivity contribution is 0.130. The molecule has 1 heterocycles. The Balaban J connectivity index is 0.00000529. The molecular weight excluding hydrogens is 435 g/mol. The highest BCUT2D eigenvalue weighted by Gasteiger charge is 2.02. The van der Waals surface area contributed by atoms with E-state index >= 15 is 0 Å². The summed E-state index contributed by atoms with van der Waals surface area (Å²) in [6.07, 6.45) is 5.08. The molecule has 2 N–H and O–H groups in total. The maximum absolute atomic E-state index is 5.59. The molecule has 0 amide bonds. The van der Waals surface area contributed by atoms with Gasteiger partial charge in [0.15, 0.2) is 5.96 Å². The van der Waals surface area contributed by atoms with Gasteiger partial charge in [-0.2, -0.15) is 0 Å². The molecule has 0 bridgehead atoms. The van der Waals surface area contributed by atoms with Crippen molar-refractivity contribution >= 4 is 41.3 Å². The minimum Gasteiger partial charge on any atom is -0.380 e. The molecule has 1 aromatic rings. The van der Waals surface area contributed by atoms with Crippen molar-refractivity contribution in [1.82, 2.24) is 15.6 Å². The van der Waals surface area contributed by atoms with E-state index in [1.54, 1.807) is 11.3 Å². The number of hydrogen-bond donors (Lipinski definition) is 2. The van der Waals surface area contributed by atoms with Gasteiger partial charge in [-0.15, -0.1) is 35.3 Å². The third-order valence-corrected chi connectivity index (χ3v) is 4.47. The van der Waals surface area contributed by atoms with Gasteiger partial charge >= 0.3 is 0 Å². The lowest BCUT2D eigenvalue weighted by Gasteiger charge is -2.11. The number of hydrogen-bond acceptors (Lipinski definition) is 4. The molecule has 0 atom stereocenters. The molecule has 0 radical (unpaired) electrons. The smallest absolute Gasteiger partial charge is 0.191 e. The van der Waals surface area contributed by atoms with E-state index in [-0.39, 0.29) is 24.0 Å². The van der Waals surface area contributed by atoms with E-state index in [1.165, 1.54) is 9.88 Å². The summed E-state index contributed by atoms with van der Waals surface area (Å²) in [7, 11) is 0. The fraction of sp³-hybridized carbons (Fsp3) is 0.765. The first-order valence-corrected chi connectivity index (χ1v) is 9.50. The molecule has 24 heavy (non-hydrogen) atoms. The summed E-state index contributed by atoms with van der Waals surface area (Å²) in [6, 6.07) is 0. The number of aliphatic imine (C=N–C) groups is 1. The minimum absolute atomic E-state index is 0. The molecule has 0 unspecified atom stereocenters. The van der Waals surface area contributed by atoms with Crippen LogP contribution in [0.1, 0.15) is 44.0 Å². The van der Waals surface area contributed by atoms with Gasteiger partial charge in [-0.25, -0.2) is 4.98 Å². The first-order chi connectivity index (χ1) is 11.2. The molecule has 0 aliphatic heterocycles. The van der Waals surface area contributed by atoms with E-state index in [1.807, 2.05) is 6.20 Å². The fourth-order valence-corrected chi connectivity index (χ4v) is 2.76. The maximum Gasteiger partial charge on any atom is 0.191 e. The van der Waals surface area contributed by atoms with Crippen LogP contribution in [0.2, 0.25) is 0 Å². The molecule has 1 aromatic heterocycles. The first-order valence-electron chi connectivity index (χ1n) is 8.69. The van der Waals surface area contributed by atoms with E-state index in [4.69, 9.17) is 4.74 Å². The van der Waals surface area contributed by atoms with Crippen molar-refractivity contribution < 1.29 is 4.74 Å². The third kappa shape index (κ3) is 11.2. The fourth-order valence-electron chi connectivity index (χ4n) is 1.90. The zero-order chi connectivity index (χ0) is 16.9. The Hall–Kier alpha value is -0.410. The van der Waals surface area contributed by atoms with Gasteiger partial charge in [0.1, 0.15) is 0 Å². The predicted octanol–water partition coefficient (Wildman–Crippen LogP) is 3.48. The van der Waals surface area contributed by atoms with Crippen LogP contribution in [-0.2, 0) is 17.6 Å². The van der Waals surface area contributed by atoms with E-state index in [0.29, 0.717) is 19.1 Å². The van der Waals surface area contributed by atoms with Crippen LogP contribution in [0.4, 0.5) is 0 Å². The highest BCUT2D eigenvalue weighted by atomic mass is 127. The molecule has 0 aromatic carbocycles. The second-order valence-corrected chi connectivity index (χ2v) is 7.01. The largest absolute Gasteiger partial charge is 0.380 e. The Labute approximate surface area is 168 Å². The van der Waals surface area contributed by atoms with E-state index in [9.17, 15) is 0 Å². The highest BCUT2D eigenvalue weighted by molar-refractivity contribution is 14.0. The summed E-state index contributed by atoms with van der Waals surface area (Å²) >= 11 is 1.80. The second kappa shape index (κ2) is 14.9. The van der Waals surface area contributed by atoms with Crippen LogP contribution in [0.3, 0.4) is 0 Å². The molecule has 7 heteroatoms. The van der Waals surface area contributed by atoms with E-state index in [2.05, 4.69) is 48.3 Å². The molecule has 140 valence electrons. The Morgan fingerprint density at radius 1 is 1.29 bits per heavy atom. The number of thiazole rings is 1. The SMILES string of the molecule is CCNC(=NCCOCCC(C)C)NCCc1ncc(CC)s1.I.